The van der Waals surface area contributed by atoms with Crippen molar-refractivity contribution in [1.82, 2.24) is 15.2 Å². The van der Waals surface area contributed by atoms with Crippen LogP contribution in [0.2, 0.25) is 0 Å². The maximum Gasteiger partial charge on any atom is 0.193 e. The Morgan fingerprint density at radius 1 is 1.29 bits per heavy atom. The number of guanidine groups is 1. The summed E-state index contributed by atoms with van der Waals surface area (Å²) in [5.74, 6) is 3.10. The molecule has 1 saturated heterocycles. The molecule has 0 amide bonds. The molecule has 21 heavy (non-hydrogen) atoms. The van der Waals surface area contributed by atoms with Crippen molar-refractivity contribution in [2.24, 2.45) is 10.9 Å². The molecule has 5 heteroatoms. The van der Waals surface area contributed by atoms with Gasteiger partial charge in [0.1, 0.15) is 5.82 Å². The molecule has 1 aromatic heterocycles. The summed E-state index contributed by atoms with van der Waals surface area (Å²) in [5, 5.41) is 3.51. The van der Waals surface area contributed by atoms with Crippen LogP contribution in [-0.2, 0) is 0 Å². The van der Waals surface area contributed by atoms with Crippen LogP contribution in [0.15, 0.2) is 29.4 Å². The number of piperazine rings is 1. The summed E-state index contributed by atoms with van der Waals surface area (Å²) in [4.78, 5) is 13.5. The third-order valence-corrected chi connectivity index (χ3v) is 4.30. The molecule has 2 fully saturated rings. The Morgan fingerprint density at radius 2 is 2.10 bits per heavy atom. The van der Waals surface area contributed by atoms with Crippen LogP contribution in [0.3, 0.4) is 0 Å². The van der Waals surface area contributed by atoms with Gasteiger partial charge in [0.05, 0.1) is 0 Å². The van der Waals surface area contributed by atoms with Crippen molar-refractivity contribution < 1.29 is 0 Å². The van der Waals surface area contributed by atoms with Crippen molar-refractivity contribution in [2.75, 3.05) is 44.7 Å². The van der Waals surface area contributed by atoms with E-state index in [0.29, 0.717) is 0 Å². The number of anilines is 1. The Balaban J connectivity index is 1.47. The minimum atomic E-state index is 0.969. The third kappa shape index (κ3) is 3.86. The van der Waals surface area contributed by atoms with Crippen molar-refractivity contribution in [3.8, 4) is 0 Å². The summed E-state index contributed by atoms with van der Waals surface area (Å²) in [5.41, 5.74) is 0. The minimum Gasteiger partial charge on any atom is -0.356 e. The largest absolute Gasteiger partial charge is 0.356 e. The van der Waals surface area contributed by atoms with E-state index in [0.717, 1.165) is 50.4 Å². The molecular formula is C16H25N5. The zero-order valence-electron chi connectivity index (χ0n) is 12.8. The lowest BCUT2D eigenvalue weighted by Gasteiger charge is -2.37. The molecule has 1 N–H and O–H groups in total. The maximum atomic E-state index is 4.43. The van der Waals surface area contributed by atoms with E-state index in [-0.39, 0.29) is 0 Å². The fraction of sp³-hybridized carbons (Fsp3) is 0.625. The van der Waals surface area contributed by atoms with Gasteiger partial charge in [-0.25, -0.2) is 4.98 Å². The molecule has 0 bridgehead atoms. The fourth-order valence-corrected chi connectivity index (χ4v) is 2.82. The number of aliphatic imine (C=N–C) groups is 1. The lowest BCUT2D eigenvalue weighted by Crippen LogP contribution is -2.52. The molecular weight excluding hydrogens is 262 g/mol. The van der Waals surface area contributed by atoms with Gasteiger partial charge in [0.15, 0.2) is 5.96 Å². The number of hydrogen-bond donors (Lipinski definition) is 1. The normalized spacial score (nSPS) is 19.8. The first-order valence-corrected chi connectivity index (χ1v) is 7.98. The van der Waals surface area contributed by atoms with E-state index in [4.69, 9.17) is 0 Å². The van der Waals surface area contributed by atoms with Crippen LogP contribution in [0, 0.1) is 5.92 Å². The molecule has 2 heterocycles. The highest BCUT2D eigenvalue weighted by atomic mass is 15.4. The van der Waals surface area contributed by atoms with Crippen molar-refractivity contribution in [1.29, 1.82) is 0 Å². The Bertz CT molecular complexity index is 461. The Hall–Kier alpha value is -1.78. The highest BCUT2D eigenvalue weighted by Crippen LogP contribution is 2.31. The lowest BCUT2D eigenvalue weighted by atomic mass is 10.3. The van der Waals surface area contributed by atoms with Crippen molar-refractivity contribution in [3.63, 3.8) is 0 Å². The van der Waals surface area contributed by atoms with Crippen LogP contribution in [0.4, 0.5) is 5.82 Å². The Labute approximate surface area is 127 Å². The van der Waals surface area contributed by atoms with Crippen molar-refractivity contribution in [3.05, 3.63) is 24.4 Å². The quantitative estimate of drug-likeness (QED) is 0.674. The summed E-state index contributed by atoms with van der Waals surface area (Å²) in [6, 6.07) is 6.09. The van der Waals surface area contributed by atoms with Crippen LogP contribution < -0.4 is 10.2 Å². The third-order valence-electron chi connectivity index (χ3n) is 4.30. The molecule has 3 rings (SSSR count). The van der Waals surface area contributed by atoms with Gasteiger partial charge in [0, 0.05) is 46.0 Å². The van der Waals surface area contributed by atoms with E-state index in [9.17, 15) is 0 Å². The van der Waals surface area contributed by atoms with Crippen molar-refractivity contribution in [2.45, 2.75) is 19.3 Å². The number of aromatic nitrogens is 1. The summed E-state index contributed by atoms with van der Waals surface area (Å²) < 4.78 is 0. The second-order valence-electron chi connectivity index (χ2n) is 5.87. The molecule has 0 radical (unpaired) electrons. The predicted molar refractivity (Wildman–Crippen MR) is 86.7 cm³/mol. The smallest absolute Gasteiger partial charge is 0.193 e. The molecule has 1 aliphatic heterocycles. The summed E-state index contributed by atoms with van der Waals surface area (Å²) >= 11 is 0. The number of hydrogen-bond acceptors (Lipinski definition) is 3. The zero-order chi connectivity index (χ0) is 14.5. The van der Waals surface area contributed by atoms with Crippen LogP contribution in [0.5, 0.6) is 0 Å². The first-order valence-electron chi connectivity index (χ1n) is 7.98. The first kappa shape index (κ1) is 14.2. The highest BCUT2D eigenvalue weighted by Gasteiger charge is 2.22. The molecule has 1 aromatic rings. The van der Waals surface area contributed by atoms with E-state index in [2.05, 4.69) is 31.2 Å². The number of nitrogens with one attached hydrogen (secondary N) is 1. The first-order chi connectivity index (χ1) is 10.4. The van der Waals surface area contributed by atoms with Crippen LogP contribution in [0.1, 0.15) is 19.3 Å². The Kier molecular flexibility index (Phi) is 4.58. The van der Waals surface area contributed by atoms with Gasteiger partial charge in [-0.3, -0.25) is 4.99 Å². The van der Waals surface area contributed by atoms with E-state index in [1.165, 1.54) is 19.3 Å². The van der Waals surface area contributed by atoms with Gasteiger partial charge < -0.3 is 15.1 Å². The lowest BCUT2D eigenvalue weighted by molar-refractivity contribution is 0.371. The monoisotopic (exact) mass is 287 g/mol. The topological polar surface area (TPSA) is 43.8 Å². The summed E-state index contributed by atoms with van der Waals surface area (Å²) in [6.45, 7) is 5.05. The molecule has 1 saturated carbocycles. The van der Waals surface area contributed by atoms with Crippen molar-refractivity contribution >= 4 is 11.8 Å². The SMILES string of the molecule is CN=C(NCCC1CC1)N1CCN(c2ccccn2)CC1. The van der Waals surface area contributed by atoms with Crippen LogP contribution >= 0.6 is 0 Å². The fourth-order valence-electron chi connectivity index (χ4n) is 2.82. The summed E-state index contributed by atoms with van der Waals surface area (Å²) in [7, 11) is 1.88. The molecule has 114 valence electrons. The van der Waals surface area contributed by atoms with E-state index in [1.54, 1.807) is 0 Å². The van der Waals surface area contributed by atoms with Gasteiger partial charge in [-0.2, -0.15) is 0 Å². The van der Waals surface area contributed by atoms with Gasteiger partial charge in [-0.15, -0.1) is 0 Å². The van der Waals surface area contributed by atoms with E-state index < -0.39 is 0 Å². The summed E-state index contributed by atoms with van der Waals surface area (Å²) in [6.07, 6.45) is 5.99. The van der Waals surface area contributed by atoms with Gasteiger partial charge in [0.2, 0.25) is 0 Å². The minimum absolute atomic E-state index is 0.969. The molecule has 5 nitrogen and oxygen atoms in total. The molecule has 1 aliphatic carbocycles. The van der Waals surface area contributed by atoms with E-state index in [1.807, 2.05) is 25.4 Å². The molecule has 0 spiro atoms. The maximum absolute atomic E-state index is 4.43. The standard InChI is InChI=1S/C16H25N5/c1-17-16(19-9-7-14-5-6-14)21-12-10-20(11-13-21)15-4-2-3-8-18-15/h2-4,8,14H,5-7,9-13H2,1H3,(H,17,19). The predicted octanol–water partition coefficient (Wildman–Crippen LogP) is 1.58. The number of pyridine rings is 1. The Morgan fingerprint density at radius 3 is 2.71 bits per heavy atom. The van der Waals surface area contributed by atoms with Gasteiger partial charge >= 0.3 is 0 Å². The number of nitrogens with zero attached hydrogens (tertiary/aromatic N) is 4. The average molecular weight is 287 g/mol. The molecule has 0 atom stereocenters. The van der Waals surface area contributed by atoms with Crippen LogP contribution in [0.25, 0.3) is 0 Å². The second-order valence-corrected chi connectivity index (χ2v) is 5.87. The average Bonchev–Trinajstić information content (AvgIpc) is 3.37. The highest BCUT2D eigenvalue weighted by molar-refractivity contribution is 5.80. The molecule has 0 unspecified atom stereocenters. The van der Waals surface area contributed by atoms with Gasteiger partial charge in [0.25, 0.3) is 0 Å². The second kappa shape index (κ2) is 6.78. The van der Waals surface area contributed by atoms with Gasteiger partial charge in [-0.1, -0.05) is 18.9 Å². The van der Waals surface area contributed by atoms with E-state index >= 15 is 0 Å². The van der Waals surface area contributed by atoms with Crippen LogP contribution in [-0.4, -0.2) is 55.6 Å². The van der Waals surface area contributed by atoms with Gasteiger partial charge in [-0.05, 0) is 24.5 Å². The number of rotatable bonds is 4. The molecule has 2 aliphatic rings. The zero-order valence-corrected chi connectivity index (χ0v) is 12.8. The molecule has 0 aromatic carbocycles.